The fourth-order valence-corrected chi connectivity index (χ4v) is 2.72. The van der Waals surface area contributed by atoms with E-state index < -0.39 is 27.3 Å². The Hall–Kier alpha value is -2.01. The Kier molecular flexibility index (Phi) is 4.78. The normalized spacial score (nSPS) is 12.8. The number of methoxy groups -OCH3 is 1. The molecule has 20 heavy (non-hydrogen) atoms. The van der Waals surface area contributed by atoms with Gasteiger partial charge in [-0.25, -0.2) is 8.42 Å². The molecule has 108 valence electrons. The van der Waals surface area contributed by atoms with Gasteiger partial charge in [0.25, 0.3) is 0 Å². The number of nitrogens with zero attached hydrogens (tertiary/aromatic N) is 1. The minimum atomic E-state index is -4.58. The van der Waals surface area contributed by atoms with E-state index in [1.807, 2.05) is 0 Å². The zero-order valence-corrected chi connectivity index (χ0v) is 11.1. The van der Waals surface area contributed by atoms with Crippen LogP contribution in [0.5, 0.6) is 5.75 Å². The Morgan fingerprint density at radius 1 is 1.40 bits per heavy atom. The molecule has 8 heteroatoms. The Labute approximate surface area is 114 Å². The van der Waals surface area contributed by atoms with Crippen molar-refractivity contribution in [2.24, 2.45) is 0 Å². The molecule has 0 fully saturated rings. The zero-order valence-electron chi connectivity index (χ0n) is 10.3. The lowest BCUT2D eigenvalue weighted by Crippen LogP contribution is -2.09. The predicted octanol–water partition coefficient (Wildman–Crippen LogP) is 2.83. The van der Waals surface area contributed by atoms with Crippen LogP contribution in [0, 0.1) is 11.3 Å². The number of halogens is 3. The van der Waals surface area contributed by atoms with Gasteiger partial charge in [-0.15, -0.1) is 0 Å². The average molecular weight is 305 g/mol. The molecule has 0 N–H and O–H groups in total. The Morgan fingerprint density at radius 3 is 2.50 bits per heavy atom. The molecular formula is C12H10F3NO3S. The molecule has 0 bridgehead atoms. The van der Waals surface area contributed by atoms with Gasteiger partial charge in [0, 0.05) is 0 Å². The lowest BCUT2D eigenvalue weighted by Gasteiger charge is -2.08. The molecule has 0 radical (unpaired) electrons. The van der Waals surface area contributed by atoms with Crippen LogP contribution in [0.4, 0.5) is 13.2 Å². The van der Waals surface area contributed by atoms with Crippen molar-refractivity contribution < 1.29 is 26.3 Å². The predicted molar refractivity (Wildman–Crippen MR) is 64.5 cm³/mol. The van der Waals surface area contributed by atoms with Gasteiger partial charge in [-0.1, -0.05) is 12.1 Å². The lowest BCUT2D eigenvalue weighted by atomic mass is 10.3. The molecule has 0 atom stereocenters. The summed E-state index contributed by atoms with van der Waals surface area (Å²) in [7, 11) is -3.12. The van der Waals surface area contributed by atoms with E-state index in [4.69, 9.17) is 10.00 Å². The van der Waals surface area contributed by atoms with Crippen molar-refractivity contribution >= 4 is 9.84 Å². The highest BCUT2D eigenvalue weighted by Crippen LogP contribution is 2.29. The number of alkyl halides is 3. The molecule has 0 saturated carbocycles. The van der Waals surface area contributed by atoms with Crippen LogP contribution < -0.4 is 4.74 Å². The van der Waals surface area contributed by atoms with E-state index in [1.54, 1.807) is 0 Å². The molecule has 1 aromatic carbocycles. The van der Waals surface area contributed by atoms with E-state index in [2.05, 4.69) is 0 Å². The number of allylic oxidation sites excluding steroid dienone is 2. The fraction of sp³-hybridized carbons (Fsp3) is 0.250. The monoisotopic (exact) mass is 305 g/mol. The first kappa shape index (κ1) is 16.0. The Morgan fingerprint density at radius 2 is 2.00 bits per heavy atom. The summed E-state index contributed by atoms with van der Waals surface area (Å²) in [5, 5.41) is 8.78. The number of rotatable bonds is 4. The standard InChI is InChI=1S/C12H10F3NO3S/c1-19-10-4-2-3-5-11(10)20(17,18)9(8-16)6-7-12(13,14)15/h2-6H,7H2,1H3/b9-6+. The third kappa shape index (κ3) is 3.74. The Balaban J connectivity index is 3.31. The highest BCUT2D eigenvalue weighted by molar-refractivity contribution is 7.95. The summed E-state index contributed by atoms with van der Waals surface area (Å²) in [5.74, 6) is -0.0411. The Bertz CT molecular complexity index is 657. The SMILES string of the molecule is COc1ccccc1S(=O)(=O)/C(C#N)=C/CC(F)(F)F. The average Bonchev–Trinajstić information content (AvgIpc) is 2.37. The van der Waals surface area contributed by atoms with E-state index in [0.29, 0.717) is 6.08 Å². The smallest absolute Gasteiger partial charge is 0.392 e. The van der Waals surface area contributed by atoms with Crippen LogP contribution in [-0.2, 0) is 9.84 Å². The summed E-state index contributed by atoms with van der Waals surface area (Å²) in [4.78, 5) is -1.31. The molecular weight excluding hydrogens is 295 g/mol. The van der Waals surface area contributed by atoms with E-state index >= 15 is 0 Å². The number of ether oxygens (including phenoxy) is 1. The molecule has 0 heterocycles. The van der Waals surface area contributed by atoms with Gasteiger partial charge in [0.05, 0.1) is 13.5 Å². The lowest BCUT2D eigenvalue weighted by molar-refractivity contribution is -0.125. The summed E-state index contributed by atoms with van der Waals surface area (Å²) in [6.45, 7) is 0. The van der Waals surface area contributed by atoms with Crippen molar-refractivity contribution in [3.63, 3.8) is 0 Å². The second kappa shape index (κ2) is 5.96. The highest BCUT2D eigenvalue weighted by atomic mass is 32.2. The fourth-order valence-electron chi connectivity index (χ4n) is 1.38. The zero-order chi connectivity index (χ0) is 15.4. The first-order chi connectivity index (χ1) is 9.22. The molecule has 1 aromatic rings. The van der Waals surface area contributed by atoms with Crippen LogP contribution in [0.2, 0.25) is 0 Å². The number of sulfone groups is 1. The molecule has 0 saturated heterocycles. The minimum Gasteiger partial charge on any atom is -0.495 e. The van der Waals surface area contributed by atoms with Gasteiger partial charge >= 0.3 is 6.18 Å². The highest BCUT2D eigenvalue weighted by Gasteiger charge is 2.29. The maximum atomic E-state index is 12.1. The van der Waals surface area contributed by atoms with Crippen molar-refractivity contribution in [3.8, 4) is 11.8 Å². The van der Waals surface area contributed by atoms with E-state index in [1.165, 1.54) is 31.4 Å². The van der Waals surface area contributed by atoms with E-state index in [0.717, 1.165) is 6.07 Å². The van der Waals surface area contributed by atoms with Crippen LogP contribution in [0.15, 0.2) is 40.1 Å². The van der Waals surface area contributed by atoms with Gasteiger partial charge in [-0.2, -0.15) is 18.4 Å². The number of para-hydroxylation sites is 1. The number of hydrogen-bond donors (Lipinski definition) is 0. The van der Waals surface area contributed by atoms with Gasteiger partial charge in [-0.05, 0) is 18.2 Å². The summed E-state index contributed by atoms with van der Waals surface area (Å²) in [6.07, 6.45) is -5.73. The van der Waals surface area contributed by atoms with Gasteiger partial charge in [0.1, 0.15) is 21.6 Å². The molecule has 0 unspecified atom stereocenters. The van der Waals surface area contributed by atoms with Crippen LogP contribution in [-0.4, -0.2) is 21.7 Å². The topological polar surface area (TPSA) is 67.2 Å². The molecule has 0 amide bonds. The van der Waals surface area contributed by atoms with Gasteiger partial charge in [-0.3, -0.25) is 0 Å². The number of hydrogen-bond acceptors (Lipinski definition) is 4. The molecule has 0 aromatic heterocycles. The summed E-state index contributed by atoms with van der Waals surface area (Å²) in [6, 6.07) is 6.67. The third-order valence-electron chi connectivity index (χ3n) is 2.28. The first-order valence-electron chi connectivity index (χ1n) is 5.27. The summed E-state index contributed by atoms with van der Waals surface area (Å²) in [5.41, 5.74) is 0. The second-order valence-corrected chi connectivity index (χ2v) is 5.54. The summed E-state index contributed by atoms with van der Waals surface area (Å²) >= 11 is 0. The van der Waals surface area contributed by atoms with Crippen molar-refractivity contribution in [2.75, 3.05) is 7.11 Å². The molecule has 0 aliphatic carbocycles. The van der Waals surface area contributed by atoms with Crippen LogP contribution in [0.1, 0.15) is 6.42 Å². The molecule has 0 spiro atoms. The van der Waals surface area contributed by atoms with Crippen LogP contribution in [0.3, 0.4) is 0 Å². The largest absolute Gasteiger partial charge is 0.495 e. The van der Waals surface area contributed by atoms with Gasteiger partial charge in [0.15, 0.2) is 0 Å². The van der Waals surface area contributed by atoms with Gasteiger partial charge in [0.2, 0.25) is 9.84 Å². The number of benzene rings is 1. The van der Waals surface area contributed by atoms with Crippen LogP contribution in [0.25, 0.3) is 0 Å². The molecule has 1 rings (SSSR count). The maximum absolute atomic E-state index is 12.1. The summed E-state index contributed by atoms with van der Waals surface area (Å²) < 4.78 is 65.4. The molecule has 0 aliphatic heterocycles. The van der Waals surface area contributed by atoms with Crippen LogP contribution >= 0.6 is 0 Å². The van der Waals surface area contributed by atoms with Crippen molar-refractivity contribution in [3.05, 3.63) is 35.2 Å². The van der Waals surface area contributed by atoms with E-state index in [9.17, 15) is 21.6 Å². The van der Waals surface area contributed by atoms with Crippen molar-refractivity contribution in [1.29, 1.82) is 5.26 Å². The van der Waals surface area contributed by atoms with Gasteiger partial charge < -0.3 is 4.74 Å². The minimum absolute atomic E-state index is 0.0411. The van der Waals surface area contributed by atoms with Crippen molar-refractivity contribution in [1.82, 2.24) is 0 Å². The first-order valence-corrected chi connectivity index (χ1v) is 6.76. The maximum Gasteiger partial charge on any atom is 0.392 e. The van der Waals surface area contributed by atoms with Crippen molar-refractivity contribution in [2.45, 2.75) is 17.5 Å². The quantitative estimate of drug-likeness (QED) is 0.802. The molecule has 0 aliphatic rings. The van der Waals surface area contributed by atoms with E-state index in [-0.39, 0.29) is 10.6 Å². The third-order valence-corrected chi connectivity index (χ3v) is 4.03. The second-order valence-electron chi connectivity index (χ2n) is 3.65. The number of nitriles is 1. The molecule has 4 nitrogen and oxygen atoms in total.